The van der Waals surface area contributed by atoms with Crippen LogP contribution in [0.3, 0.4) is 0 Å². The Kier molecular flexibility index (Phi) is 7.10. The van der Waals surface area contributed by atoms with Gasteiger partial charge in [-0.3, -0.25) is 0 Å². The van der Waals surface area contributed by atoms with Crippen LogP contribution in [0.4, 0.5) is 8.78 Å². The maximum absolute atomic E-state index is 12.4. The highest BCUT2D eigenvalue weighted by atomic mass is 19.3. The average molecular weight is 325 g/mol. The topological polar surface area (TPSA) is 45.7 Å². The molecule has 2 rings (SSSR count). The van der Waals surface area contributed by atoms with Crippen molar-refractivity contribution in [2.24, 2.45) is 4.99 Å². The number of halogens is 2. The molecule has 0 spiro atoms. The molecule has 0 radical (unpaired) electrons. The van der Waals surface area contributed by atoms with E-state index in [4.69, 9.17) is 0 Å². The summed E-state index contributed by atoms with van der Waals surface area (Å²) < 4.78 is 29.4. The molecule has 0 amide bonds. The molecular formula is C17H25F2N3O. The molecule has 4 nitrogen and oxygen atoms in total. The molecule has 23 heavy (non-hydrogen) atoms. The number of para-hydroxylation sites is 1. The van der Waals surface area contributed by atoms with Crippen LogP contribution < -0.4 is 15.4 Å². The van der Waals surface area contributed by atoms with Gasteiger partial charge in [0.1, 0.15) is 5.75 Å². The van der Waals surface area contributed by atoms with Crippen LogP contribution in [-0.4, -0.2) is 25.2 Å². The Bertz CT molecular complexity index is 502. The smallest absolute Gasteiger partial charge is 0.387 e. The Balaban J connectivity index is 2.01. The largest absolute Gasteiger partial charge is 0.434 e. The van der Waals surface area contributed by atoms with Gasteiger partial charge in [0.05, 0.1) is 6.54 Å². The number of alkyl halides is 2. The summed E-state index contributed by atoms with van der Waals surface area (Å²) in [6.07, 6.45) is 6.07. The summed E-state index contributed by atoms with van der Waals surface area (Å²) in [5.74, 6) is 0.908. The number of hydrogen-bond donors (Lipinski definition) is 2. The lowest BCUT2D eigenvalue weighted by molar-refractivity contribution is -0.0504. The average Bonchev–Trinajstić information content (AvgIpc) is 2.54. The fourth-order valence-corrected chi connectivity index (χ4v) is 2.77. The molecule has 0 bridgehead atoms. The van der Waals surface area contributed by atoms with Crippen LogP contribution in [0.15, 0.2) is 29.3 Å². The van der Waals surface area contributed by atoms with Crippen molar-refractivity contribution in [3.05, 3.63) is 29.8 Å². The van der Waals surface area contributed by atoms with Crippen molar-refractivity contribution in [2.75, 3.05) is 6.54 Å². The minimum absolute atomic E-state index is 0.180. The fraction of sp³-hybridized carbons (Fsp3) is 0.588. The second kappa shape index (κ2) is 9.33. The van der Waals surface area contributed by atoms with E-state index in [1.807, 2.05) is 6.92 Å². The van der Waals surface area contributed by atoms with Crippen molar-refractivity contribution in [3.63, 3.8) is 0 Å². The van der Waals surface area contributed by atoms with Crippen molar-refractivity contribution in [1.29, 1.82) is 0 Å². The molecule has 2 N–H and O–H groups in total. The molecule has 0 aliphatic heterocycles. The Morgan fingerprint density at radius 1 is 1.26 bits per heavy atom. The number of benzene rings is 1. The number of nitrogens with zero attached hydrogens (tertiary/aromatic N) is 1. The van der Waals surface area contributed by atoms with Gasteiger partial charge in [-0.2, -0.15) is 8.78 Å². The van der Waals surface area contributed by atoms with Crippen LogP contribution in [0.1, 0.15) is 44.6 Å². The number of ether oxygens (including phenoxy) is 1. The summed E-state index contributed by atoms with van der Waals surface area (Å²) >= 11 is 0. The third-order valence-electron chi connectivity index (χ3n) is 3.89. The van der Waals surface area contributed by atoms with Gasteiger partial charge in [-0.15, -0.1) is 0 Å². The zero-order chi connectivity index (χ0) is 16.5. The Morgan fingerprint density at radius 3 is 2.70 bits per heavy atom. The third-order valence-corrected chi connectivity index (χ3v) is 3.89. The predicted octanol–water partition coefficient (Wildman–Crippen LogP) is 3.68. The van der Waals surface area contributed by atoms with Gasteiger partial charge in [0.15, 0.2) is 5.96 Å². The van der Waals surface area contributed by atoms with E-state index >= 15 is 0 Å². The molecule has 1 aliphatic rings. The van der Waals surface area contributed by atoms with E-state index < -0.39 is 6.61 Å². The van der Waals surface area contributed by atoms with Crippen molar-refractivity contribution in [3.8, 4) is 5.75 Å². The zero-order valence-corrected chi connectivity index (χ0v) is 13.5. The molecular weight excluding hydrogens is 300 g/mol. The molecule has 1 saturated carbocycles. The van der Waals surface area contributed by atoms with Gasteiger partial charge >= 0.3 is 6.61 Å². The summed E-state index contributed by atoms with van der Waals surface area (Å²) in [5, 5.41) is 6.65. The molecule has 1 aromatic rings. The first-order valence-corrected chi connectivity index (χ1v) is 8.26. The summed E-state index contributed by atoms with van der Waals surface area (Å²) in [6, 6.07) is 7.21. The van der Waals surface area contributed by atoms with E-state index in [2.05, 4.69) is 20.4 Å². The highest BCUT2D eigenvalue weighted by Crippen LogP contribution is 2.21. The maximum atomic E-state index is 12.4. The first kappa shape index (κ1) is 17.5. The van der Waals surface area contributed by atoms with Crippen LogP contribution in [0, 0.1) is 0 Å². The molecule has 0 atom stereocenters. The molecule has 0 aromatic heterocycles. The first-order chi connectivity index (χ1) is 11.2. The third kappa shape index (κ3) is 6.04. The predicted molar refractivity (Wildman–Crippen MR) is 87.9 cm³/mol. The van der Waals surface area contributed by atoms with Gasteiger partial charge in [0.25, 0.3) is 0 Å². The fourth-order valence-electron chi connectivity index (χ4n) is 2.77. The monoisotopic (exact) mass is 325 g/mol. The lowest BCUT2D eigenvalue weighted by Crippen LogP contribution is -2.44. The van der Waals surface area contributed by atoms with Crippen LogP contribution in [-0.2, 0) is 6.54 Å². The Labute approximate surface area is 136 Å². The second-order valence-corrected chi connectivity index (χ2v) is 5.66. The standard InChI is InChI=1S/C17H25F2N3O/c1-2-20-17(22-14-9-4-3-5-10-14)21-12-13-8-6-7-11-15(13)23-16(18)19/h6-8,11,14,16H,2-5,9-10,12H2,1H3,(H2,20,21,22). The molecule has 0 saturated heterocycles. The molecule has 6 heteroatoms. The van der Waals surface area contributed by atoms with Crippen LogP contribution in [0.5, 0.6) is 5.75 Å². The quantitative estimate of drug-likeness (QED) is 0.619. The van der Waals surface area contributed by atoms with Crippen molar-refractivity contribution >= 4 is 5.96 Å². The Morgan fingerprint density at radius 2 is 2.00 bits per heavy atom. The zero-order valence-electron chi connectivity index (χ0n) is 13.5. The van der Waals surface area contributed by atoms with E-state index in [0.717, 1.165) is 25.3 Å². The minimum atomic E-state index is -2.83. The second-order valence-electron chi connectivity index (χ2n) is 5.66. The SMILES string of the molecule is CCNC(=NCc1ccccc1OC(F)F)NC1CCCCC1. The minimum Gasteiger partial charge on any atom is -0.434 e. The molecule has 0 unspecified atom stereocenters. The van der Waals surface area contributed by atoms with Crippen molar-refractivity contribution in [1.82, 2.24) is 10.6 Å². The van der Waals surface area contributed by atoms with Crippen LogP contribution in [0.25, 0.3) is 0 Å². The number of hydrogen-bond acceptors (Lipinski definition) is 2. The molecule has 0 heterocycles. The van der Waals surface area contributed by atoms with E-state index in [-0.39, 0.29) is 5.75 Å². The van der Waals surface area contributed by atoms with Gasteiger partial charge in [-0.25, -0.2) is 4.99 Å². The van der Waals surface area contributed by atoms with Gasteiger partial charge < -0.3 is 15.4 Å². The van der Waals surface area contributed by atoms with Crippen molar-refractivity contribution < 1.29 is 13.5 Å². The number of aliphatic imine (C=N–C) groups is 1. The molecule has 128 valence electrons. The van der Waals surface area contributed by atoms with Gasteiger partial charge in [-0.05, 0) is 25.8 Å². The lowest BCUT2D eigenvalue weighted by atomic mass is 9.96. The lowest BCUT2D eigenvalue weighted by Gasteiger charge is -2.25. The molecule has 1 aromatic carbocycles. The Hall–Kier alpha value is -1.85. The van der Waals surface area contributed by atoms with Crippen LogP contribution >= 0.6 is 0 Å². The van der Waals surface area contributed by atoms with E-state index in [1.54, 1.807) is 24.3 Å². The van der Waals surface area contributed by atoms with E-state index in [1.165, 1.54) is 19.3 Å². The summed E-state index contributed by atoms with van der Waals surface area (Å²) in [7, 11) is 0. The maximum Gasteiger partial charge on any atom is 0.387 e. The molecule has 1 fully saturated rings. The van der Waals surface area contributed by atoms with Gasteiger partial charge in [-0.1, -0.05) is 37.5 Å². The molecule has 1 aliphatic carbocycles. The highest BCUT2D eigenvalue weighted by molar-refractivity contribution is 5.80. The number of guanidine groups is 1. The van der Waals surface area contributed by atoms with Crippen LogP contribution in [0.2, 0.25) is 0 Å². The number of rotatable bonds is 6. The van der Waals surface area contributed by atoms with Crippen molar-refractivity contribution in [2.45, 2.75) is 58.2 Å². The summed E-state index contributed by atoms with van der Waals surface area (Å²) in [6.45, 7) is 0.235. The highest BCUT2D eigenvalue weighted by Gasteiger charge is 2.14. The van der Waals surface area contributed by atoms with Gasteiger partial charge in [0, 0.05) is 18.2 Å². The van der Waals surface area contributed by atoms with E-state index in [9.17, 15) is 8.78 Å². The first-order valence-electron chi connectivity index (χ1n) is 8.26. The van der Waals surface area contributed by atoms with Gasteiger partial charge in [0.2, 0.25) is 0 Å². The summed E-state index contributed by atoms with van der Waals surface area (Å²) in [5.41, 5.74) is 0.647. The normalized spacial score (nSPS) is 16.4. The van der Waals surface area contributed by atoms with E-state index in [0.29, 0.717) is 18.2 Å². The number of nitrogens with one attached hydrogen (secondary N) is 2. The summed E-state index contributed by atoms with van der Waals surface area (Å²) in [4.78, 5) is 4.52.